The minimum Gasteiger partial charge on any atom is -0.368 e. The van der Waals surface area contributed by atoms with Crippen molar-refractivity contribution in [1.29, 1.82) is 0 Å². The molecule has 0 unspecified atom stereocenters. The molecule has 1 saturated heterocycles. The lowest BCUT2D eigenvalue weighted by Gasteiger charge is -2.37. The number of anilines is 2. The van der Waals surface area contributed by atoms with Gasteiger partial charge < -0.3 is 9.80 Å². The highest BCUT2D eigenvalue weighted by Crippen LogP contribution is 2.29. The molecule has 2 aromatic heterocycles. The Morgan fingerprint density at radius 3 is 2.36 bits per heavy atom. The lowest BCUT2D eigenvalue weighted by Crippen LogP contribution is -2.46. The van der Waals surface area contributed by atoms with Crippen LogP contribution in [0.1, 0.15) is 0 Å². The second kappa shape index (κ2) is 7.86. The molecule has 1 N–H and O–H groups in total. The summed E-state index contributed by atoms with van der Waals surface area (Å²) in [6, 6.07) is 16.9. The first-order valence-corrected chi connectivity index (χ1v) is 9.17. The van der Waals surface area contributed by atoms with Crippen molar-refractivity contribution in [3.8, 4) is 11.1 Å². The number of hydrogen-bond donors (Lipinski definition) is 1. The van der Waals surface area contributed by atoms with Crippen molar-refractivity contribution in [2.45, 2.75) is 0 Å². The van der Waals surface area contributed by atoms with Crippen LogP contribution in [0.2, 0.25) is 0 Å². The highest BCUT2D eigenvalue weighted by molar-refractivity contribution is 5.92. The van der Waals surface area contributed by atoms with Crippen molar-refractivity contribution < 1.29 is 0 Å². The number of benzene rings is 2. The molecule has 0 radical (unpaired) electrons. The topological polar surface area (TPSA) is 60.9 Å². The maximum absolute atomic E-state index is 4.62. The summed E-state index contributed by atoms with van der Waals surface area (Å²) in [7, 11) is 0. The van der Waals surface area contributed by atoms with Crippen LogP contribution in [0.15, 0.2) is 67.3 Å². The molecule has 1 aliphatic rings. The second-order valence-electron chi connectivity index (χ2n) is 6.73. The highest BCUT2D eigenvalue weighted by Gasteiger charge is 2.20. The SMILES string of the molecule is Cl.c1ccc(N2CCN(c3ncnc4ccc(-c5cn[nH]c5)cc34)CC2)cc1. The van der Waals surface area contributed by atoms with Gasteiger partial charge in [0.15, 0.2) is 0 Å². The van der Waals surface area contributed by atoms with Crippen molar-refractivity contribution in [2.75, 3.05) is 36.0 Å². The van der Waals surface area contributed by atoms with Gasteiger partial charge in [-0.25, -0.2) is 9.97 Å². The number of fused-ring (bicyclic) bond motifs is 1. The highest BCUT2D eigenvalue weighted by atomic mass is 35.5. The van der Waals surface area contributed by atoms with Crippen LogP contribution in [0, 0.1) is 0 Å². The predicted octanol–water partition coefficient (Wildman–Crippen LogP) is 3.77. The van der Waals surface area contributed by atoms with Gasteiger partial charge in [0.1, 0.15) is 12.1 Å². The van der Waals surface area contributed by atoms with Gasteiger partial charge in [-0.1, -0.05) is 24.3 Å². The van der Waals surface area contributed by atoms with E-state index in [0.717, 1.165) is 54.0 Å². The van der Waals surface area contributed by atoms with Gasteiger partial charge >= 0.3 is 0 Å². The van der Waals surface area contributed by atoms with Crippen molar-refractivity contribution in [3.63, 3.8) is 0 Å². The Balaban J connectivity index is 0.00000192. The number of para-hydroxylation sites is 1. The van der Waals surface area contributed by atoms with Crippen molar-refractivity contribution >= 4 is 34.8 Å². The number of aromatic nitrogens is 4. The van der Waals surface area contributed by atoms with Crippen molar-refractivity contribution in [2.24, 2.45) is 0 Å². The molecular weight excluding hydrogens is 372 g/mol. The normalized spacial score (nSPS) is 14.1. The molecule has 28 heavy (non-hydrogen) atoms. The van der Waals surface area contributed by atoms with Crippen LogP contribution in [0.4, 0.5) is 11.5 Å². The molecule has 1 aliphatic heterocycles. The number of hydrogen-bond acceptors (Lipinski definition) is 5. The van der Waals surface area contributed by atoms with Crippen molar-refractivity contribution in [1.82, 2.24) is 20.2 Å². The first-order chi connectivity index (χ1) is 13.4. The smallest absolute Gasteiger partial charge is 0.140 e. The molecule has 0 atom stereocenters. The van der Waals surface area contributed by atoms with Gasteiger partial charge in [0.25, 0.3) is 0 Å². The van der Waals surface area contributed by atoms with Gasteiger partial charge in [-0.3, -0.25) is 5.10 Å². The van der Waals surface area contributed by atoms with Gasteiger partial charge in [0, 0.05) is 49.0 Å². The fourth-order valence-corrected chi connectivity index (χ4v) is 3.70. The summed E-state index contributed by atoms with van der Waals surface area (Å²) >= 11 is 0. The number of nitrogens with one attached hydrogen (secondary N) is 1. The monoisotopic (exact) mass is 392 g/mol. The summed E-state index contributed by atoms with van der Waals surface area (Å²) in [6.07, 6.45) is 5.41. The Labute approximate surface area is 169 Å². The van der Waals surface area contributed by atoms with E-state index in [4.69, 9.17) is 0 Å². The molecule has 6 nitrogen and oxygen atoms in total. The third kappa shape index (κ3) is 3.39. The Bertz CT molecular complexity index is 1040. The number of H-pyrrole nitrogens is 1. The first-order valence-electron chi connectivity index (χ1n) is 9.17. The number of rotatable bonds is 3. The van der Waals surface area contributed by atoms with Crippen LogP contribution >= 0.6 is 12.4 Å². The van der Waals surface area contributed by atoms with E-state index in [1.165, 1.54) is 5.69 Å². The van der Waals surface area contributed by atoms with Crippen LogP contribution in [0.3, 0.4) is 0 Å². The van der Waals surface area contributed by atoms with Crippen LogP contribution in [0.25, 0.3) is 22.0 Å². The maximum atomic E-state index is 4.62. The Morgan fingerprint density at radius 2 is 1.61 bits per heavy atom. The molecule has 0 aliphatic carbocycles. The average Bonchev–Trinajstić information content (AvgIpc) is 3.29. The lowest BCUT2D eigenvalue weighted by atomic mass is 10.1. The maximum Gasteiger partial charge on any atom is 0.140 e. The number of piperazine rings is 1. The summed E-state index contributed by atoms with van der Waals surface area (Å²) in [6.45, 7) is 3.85. The van der Waals surface area contributed by atoms with Crippen LogP contribution in [-0.2, 0) is 0 Å². The predicted molar refractivity (Wildman–Crippen MR) is 115 cm³/mol. The number of nitrogens with zero attached hydrogens (tertiary/aromatic N) is 5. The van der Waals surface area contributed by atoms with Crippen LogP contribution < -0.4 is 9.80 Å². The Hall–Kier alpha value is -3.12. The standard InChI is InChI=1S/C21H20N6.ClH/c1-2-4-18(5-3-1)26-8-10-27(11-9-26)21-19-12-16(17-13-24-25-14-17)6-7-20(19)22-15-23-21;/h1-7,12-15H,8-11H2,(H,24,25);1H. The molecule has 0 amide bonds. The molecule has 0 saturated carbocycles. The van der Waals surface area contributed by atoms with Gasteiger partial charge in [0.05, 0.1) is 11.7 Å². The Morgan fingerprint density at radius 1 is 0.821 bits per heavy atom. The molecular formula is C21H21ClN6. The molecule has 0 spiro atoms. The zero-order valence-electron chi connectivity index (χ0n) is 15.3. The molecule has 4 aromatic rings. The summed E-state index contributed by atoms with van der Waals surface area (Å²) in [5, 5.41) is 8.02. The van der Waals surface area contributed by atoms with Gasteiger partial charge in [-0.05, 0) is 29.8 Å². The van der Waals surface area contributed by atoms with E-state index >= 15 is 0 Å². The zero-order valence-corrected chi connectivity index (χ0v) is 16.1. The van der Waals surface area contributed by atoms with Gasteiger partial charge in [0.2, 0.25) is 0 Å². The van der Waals surface area contributed by atoms with E-state index < -0.39 is 0 Å². The summed E-state index contributed by atoms with van der Waals surface area (Å²) in [5.74, 6) is 1.01. The van der Waals surface area contributed by atoms with E-state index in [0.29, 0.717) is 0 Å². The molecule has 0 bridgehead atoms. The fraction of sp³-hybridized carbons (Fsp3) is 0.190. The van der Waals surface area contributed by atoms with E-state index in [1.807, 2.05) is 12.4 Å². The molecule has 5 rings (SSSR count). The Kier molecular flexibility index (Phi) is 5.12. The number of aromatic amines is 1. The van der Waals surface area contributed by atoms with Gasteiger partial charge in [-0.15, -0.1) is 12.4 Å². The quantitative estimate of drug-likeness (QED) is 0.575. The third-order valence-electron chi connectivity index (χ3n) is 5.15. The molecule has 3 heterocycles. The molecule has 142 valence electrons. The zero-order chi connectivity index (χ0) is 18.1. The summed E-state index contributed by atoms with van der Waals surface area (Å²) in [5.41, 5.74) is 4.44. The number of halogens is 1. The fourth-order valence-electron chi connectivity index (χ4n) is 3.70. The van der Waals surface area contributed by atoms with Crippen LogP contribution in [-0.4, -0.2) is 46.3 Å². The summed E-state index contributed by atoms with van der Waals surface area (Å²) in [4.78, 5) is 13.9. The van der Waals surface area contributed by atoms with E-state index in [2.05, 4.69) is 78.5 Å². The first kappa shape index (κ1) is 18.3. The second-order valence-corrected chi connectivity index (χ2v) is 6.73. The van der Waals surface area contributed by atoms with E-state index in [-0.39, 0.29) is 12.4 Å². The minimum atomic E-state index is 0. The summed E-state index contributed by atoms with van der Waals surface area (Å²) < 4.78 is 0. The molecule has 2 aromatic carbocycles. The third-order valence-corrected chi connectivity index (χ3v) is 5.15. The van der Waals surface area contributed by atoms with E-state index in [9.17, 15) is 0 Å². The van der Waals surface area contributed by atoms with Gasteiger partial charge in [-0.2, -0.15) is 5.10 Å². The average molecular weight is 393 g/mol. The minimum absolute atomic E-state index is 0. The molecule has 7 heteroatoms. The van der Waals surface area contributed by atoms with E-state index in [1.54, 1.807) is 6.33 Å². The van der Waals surface area contributed by atoms with Crippen molar-refractivity contribution in [3.05, 3.63) is 67.3 Å². The molecule has 1 fully saturated rings. The van der Waals surface area contributed by atoms with Crippen LogP contribution in [0.5, 0.6) is 0 Å². The largest absolute Gasteiger partial charge is 0.368 e. The lowest BCUT2D eigenvalue weighted by molar-refractivity contribution is 0.649.